The van der Waals surface area contributed by atoms with Crippen LogP contribution in [-0.4, -0.2) is 68.3 Å². The molecule has 0 aromatic heterocycles. The van der Waals surface area contributed by atoms with Crippen LogP contribution in [0.4, 0.5) is 0 Å². The Kier molecular flexibility index (Phi) is 5.85. The van der Waals surface area contributed by atoms with E-state index in [1.807, 2.05) is 0 Å². The number of sulfone groups is 1. The quantitative estimate of drug-likeness (QED) is 0.605. The van der Waals surface area contributed by atoms with Gasteiger partial charge in [0.15, 0.2) is 9.84 Å². The fourth-order valence-corrected chi connectivity index (χ4v) is 3.93. The number of rotatable bonds is 7. The number of aliphatic hydroxyl groups is 1. The first kappa shape index (κ1) is 14.9. The molecule has 0 spiro atoms. The second-order valence-corrected chi connectivity index (χ2v) is 6.74. The van der Waals surface area contributed by atoms with Gasteiger partial charge < -0.3 is 15.3 Å². The minimum atomic E-state index is -3.03. The molecule has 1 fully saturated rings. The standard InChI is InChI=1S/C11H24N2O3S/c1-3-13(4-2)7-5-6-12-10-8-17(15,16)9-11(10)14/h10-12,14H,3-9H2,1-2H3/t10-,11+/m0/s1. The number of hydrogen-bond donors (Lipinski definition) is 2. The summed E-state index contributed by atoms with van der Waals surface area (Å²) in [4.78, 5) is 2.32. The highest BCUT2D eigenvalue weighted by atomic mass is 32.2. The maximum Gasteiger partial charge on any atom is 0.154 e. The van der Waals surface area contributed by atoms with Gasteiger partial charge in [-0.1, -0.05) is 13.8 Å². The van der Waals surface area contributed by atoms with Crippen LogP contribution in [0.5, 0.6) is 0 Å². The summed E-state index contributed by atoms with van der Waals surface area (Å²) in [5.41, 5.74) is 0. The first-order valence-corrected chi connectivity index (χ1v) is 8.15. The second-order valence-electron chi connectivity index (χ2n) is 4.59. The predicted molar refractivity (Wildman–Crippen MR) is 68.9 cm³/mol. The third-order valence-corrected chi connectivity index (χ3v) is 4.99. The molecular formula is C11H24N2O3S. The molecule has 0 bridgehead atoms. The zero-order valence-electron chi connectivity index (χ0n) is 10.7. The zero-order chi connectivity index (χ0) is 12.9. The molecule has 2 atom stereocenters. The molecule has 1 aliphatic rings. The van der Waals surface area contributed by atoms with Crippen molar-refractivity contribution in [1.29, 1.82) is 0 Å². The fraction of sp³-hybridized carbons (Fsp3) is 1.00. The molecule has 2 N–H and O–H groups in total. The molecule has 1 heterocycles. The van der Waals surface area contributed by atoms with Crippen LogP contribution < -0.4 is 5.32 Å². The fourth-order valence-electron chi connectivity index (χ4n) is 2.15. The summed E-state index contributed by atoms with van der Waals surface area (Å²) < 4.78 is 22.6. The van der Waals surface area contributed by atoms with Gasteiger partial charge in [0.05, 0.1) is 17.6 Å². The van der Waals surface area contributed by atoms with Gasteiger partial charge in [-0.05, 0) is 32.6 Å². The average Bonchev–Trinajstić information content (AvgIpc) is 2.52. The largest absolute Gasteiger partial charge is 0.390 e. The third-order valence-electron chi connectivity index (χ3n) is 3.27. The topological polar surface area (TPSA) is 69.6 Å². The first-order valence-electron chi connectivity index (χ1n) is 6.32. The Balaban J connectivity index is 2.19. The summed E-state index contributed by atoms with van der Waals surface area (Å²) in [6, 6.07) is -0.281. The maximum atomic E-state index is 11.3. The lowest BCUT2D eigenvalue weighted by Gasteiger charge is -2.19. The maximum absolute atomic E-state index is 11.3. The molecule has 0 aliphatic carbocycles. The monoisotopic (exact) mass is 264 g/mol. The lowest BCUT2D eigenvalue weighted by Crippen LogP contribution is -2.40. The predicted octanol–water partition coefficient (Wildman–Crippen LogP) is -0.534. The highest BCUT2D eigenvalue weighted by Gasteiger charge is 2.35. The van der Waals surface area contributed by atoms with E-state index >= 15 is 0 Å². The molecule has 1 saturated heterocycles. The first-order chi connectivity index (χ1) is 7.98. The molecule has 1 rings (SSSR count). The summed E-state index contributed by atoms with van der Waals surface area (Å²) in [5, 5.41) is 12.7. The molecule has 0 amide bonds. The number of hydrogen-bond acceptors (Lipinski definition) is 5. The van der Waals surface area contributed by atoms with Crippen LogP contribution in [0.15, 0.2) is 0 Å². The molecule has 102 valence electrons. The Morgan fingerprint density at radius 1 is 1.29 bits per heavy atom. The molecule has 0 radical (unpaired) electrons. The van der Waals surface area contributed by atoms with Crippen molar-refractivity contribution in [3.63, 3.8) is 0 Å². The average molecular weight is 264 g/mol. The molecular weight excluding hydrogens is 240 g/mol. The van der Waals surface area contributed by atoms with E-state index in [2.05, 4.69) is 24.1 Å². The van der Waals surface area contributed by atoms with E-state index in [1.165, 1.54) is 0 Å². The van der Waals surface area contributed by atoms with Gasteiger partial charge in [0, 0.05) is 6.04 Å². The Morgan fingerprint density at radius 2 is 1.94 bits per heavy atom. The van der Waals surface area contributed by atoms with Crippen molar-refractivity contribution in [3.8, 4) is 0 Å². The van der Waals surface area contributed by atoms with Gasteiger partial charge in [-0.2, -0.15) is 0 Å². The third kappa shape index (κ3) is 4.91. The lowest BCUT2D eigenvalue weighted by molar-refractivity contribution is 0.165. The molecule has 17 heavy (non-hydrogen) atoms. The van der Waals surface area contributed by atoms with E-state index in [0.717, 1.165) is 32.6 Å². The Hall–Kier alpha value is -0.170. The van der Waals surface area contributed by atoms with E-state index < -0.39 is 15.9 Å². The Morgan fingerprint density at radius 3 is 2.41 bits per heavy atom. The summed E-state index contributed by atoms with van der Waals surface area (Å²) in [5.74, 6) is -0.0276. The minimum absolute atomic E-state index is 0.0689. The van der Waals surface area contributed by atoms with E-state index in [9.17, 15) is 13.5 Å². The molecule has 5 nitrogen and oxygen atoms in total. The summed E-state index contributed by atoms with van der Waals surface area (Å²) in [6.45, 7) is 8.10. The van der Waals surface area contributed by atoms with E-state index in [4.69, 9.17) is 0 Å². The van der Waals surface area contributed by atoms with Crippen molar-refractivity contribution in [2.45, 2.75) is 32.4 Å². The lowest BCUT2D eigenvalue weighted by atomic mass is 10.2. The normalized spacial score (nSPS) is 27.8. The summed E-state index contributed by atoms with van der Waals surface area (Å²) in [6.07, 6.45) is 0.235. The Labute approximate surface area is 104 Å². The van der Waals surface area contributed by atoms with Crippen LogP contribution in [0.25, 0.3) is 0 Å². The molecule has 0 aromatic rings. The van der Waals surface area contributed by atoms with Gasteiger partial charge in [-0.25, -0.2) is 8.42 Å². The van der Waals surface area contributed by atoms with Crippen molar-refractivity contribution >= 4 is 9.84 Å². The minimum Gasteiger partial charge on any atom is -0.390 e. The highest BCUT2D eigenvalue weighted by Crippen LogP contribution is 2.12. The number of nitrogens with one attached hydrogen (secondary N) is 1. The summed E-state index contributed by atoms with van der Waals surface area (Å²) in [7, 11) is -3.03. The second kappa shape index (κ2) is 6.68. The number of nitrogens with zero attached hydrogens (tertiary/aromatic N) is 1. The summed E-state index contributed by atoms with van der Waals surface area (Å²) >= 11 is 0. The van der Waals surface area contributed by atoms with E-state index in [0.29, 0.717) is 0 Å². The van der Waals surface area contributed by atoms with Crippen LogP contribution in [0, 0.1) is 0 Å². The van der Waals surface area contributed by atoms with Crippen LogP contribution in [0.1, 0.15) is 20.3 Å². The van der Waals surface area contributed by atoms with E-state index in [-0.39, 0.29) is 17.5 Å². The molecule has 6 heteroatoms. The van der Waals surface area contributed by atoms with Gasteiger partial charge in [-0.3, -0.25) is 0 Å². The van der Waals surface area contributed by atoms with Gasteiger partial charge in [-0.15, -0.1) is 0 Å². The molecule has 0 saturated carbocycles. The van der Waals surface area contributed by atoms with Crippen molar-refractivity contribution in [3.05, 3.63) is 0 Å². The highest BCUT2D eigenvalue weighted by molar-refractivity contribution is 7.91. The van der Waals surface area contributed by atoms with Gasteiger partial charge in [0.2, 0.25) is 0 Å². The molecule has 1 aliphatic heterocycles. The van der Waals surface area contributed by atoms with Crippen LogP contribution in [-0.2, 0) is 9.84 Å². The van der Waals surface area contributed by atoms with Crippen LogP contribution in [0.2, 0.25) is 0 Å². The van der Waals surface area contributed by atoms with Gasteiger partial charge in [0.25, 0.3) is 0 Å². The van der Waals surface area contributed by atoms with Gasteiger partial charge in [0.1, 0.15) is 0 Å². The van der Waals surface area contributed by atoms with Crippen molar-refractivity contribution in [2.24, 2.45) is 0 Å². The van der Waals surface area contributed by atoms with Crippen LogP contribution in [0.3, 0.4) is 0 Å². The molecule has 0 aromatic carbocycles. The Bertz CT molecular complexity index is 315. The van der Waals surface area contributed by atoms with Gasteiger partial charge >= 0.3 is 0 Å². The van der Waals surface area contributed by atoms with Crippen LogP contribution >= 0.6 is 0 Å². The molecule has 0 unspecified atom stereocenters. The van der Waals surface area contributed by atoms with Crippen molar-refractivity contribution in [2.75, 3.05) is 37.7 Å². The van der Waals surface area contributed by atoms with Crippen molar-refractivity contribution in [1.82, 2.24) is 10.2 Å². The smallest absolute Gasteiger partial charge is 0.154 e. The SMILES string of the molecule is CCN(CC)CCCN[C@H]1CS(=O)(=O)C[C@H]1O. The van der Waals surface area contributed by atoms with Crippen molar-refractivity contribution < 1.29 is 13.5 Å². The zero-order valence-corrected chi connectivity index (χ0v) is 11.5. The van der Waals surface area contributed by atoms with E-state index in [1.54, 1.807) is 0 Å². The number of aliphatic hydroxyl groups excluding tert-OH is 1.